The largest absolute Gasteiger partial charge is 0.411 e. The Morgan fingerprint density at radius 3 is 3.14 bits per heavy atom. The van der Waals surface area contributed by atoms with Gasteiger partial charge in [-0.15, -0.1) is 0 Å². The fourth-order valence-corrected chi connectivity index (χ4v) is 2.84. The molecule has 8 heteroatoms. The summed E-state index contributed by atoms with van der Waals surface area (Å²) >= 11 is 0. The number of aliphatic hydroxyl groups is 1. The molecule has 112 valence electrons. The molecule has 2 aromatic rings. The number of oxime groups is 1. The van der Waals surface area contributed by atoms with Crippen LogP contribution in [0.5, 0.6) is 0 Å². The lowest BCUT2D eigenvalue weighted by molar-refractivity contribution is -0.0408. The van der Waals surface area contributed by atoms with Crippen LogP contribution >= 0.6 is 0 Å². The topological polar surface area (TPSA) is 118 Å². The van der Waals surface area contributed by atoms with E-state index in [1.807, 2.05) is 19.1 Å². The lowest BCUT2D eigenvalue weighted by atomic mass is 9.89. The van der Waals surface area contributed by atoms with E-state index in [0.717, 1.165) is 5.69 Å². The maximum Gasteiger partial charge on any atom is 0.151 e. The van der Waals surface area contributed by atoms with Gasteiger partial charge in [-0.05, 0) is 24.5 Å². The van der Waals surface area contributed by atoms with Crippen molar-refractivity contribution in [2.75, 3.05) is 12.3 Å². The molecule has 0 radical (unpaired) electrons. The number of nitrogens with two attached hydrogens (primary N) is 1. The number of hydrogen-bond acceptors (Lipinski definition) is 7. The van der Waals surface area contributed by atoms with E-state index in [-0.39, 0.29) is 18.6 Å². The average Bonchev–Trinajstić information content (AvgIpc) is 3.03. The lowest BCUT2D eigenvalue weighted by Crippen LogP contribution is -2.40. The van der Waals surface area contributed by atoms with Crippen LogP contribution < -0.4 is 5.73 Å². The van der Waals surface area contributed by atoms with Crippen molar-refractivity contribution >= 4 is 17.5 Å². The molecule has 0 saturated carbocycles. The molecule has 0 bridgehead atoms. The van der Waals surface area contributed by atoms with E-state index in [0.29, 0.717) is 17.8 Å². The minimum Gasteiger partial charge on any atom is -0.411 e. The summed E-state index contributed by atoms with van der Waals surface area (Å²) in [6, 6.07) is 3.71. The second-order valence-corrected chi connectivity index (χ2v) is 5.30. The highest BCUT2D eigenvalue weighted by Crippen LogP contribution is 2.43. The molecule has 3 heterocycles. The number of nitrogen functional groups attached to an aromatic ring is 1. The lowest BCUT2D eigenvalue weighted by Gasteiger charge is -2.25. The second kappa shape index (κ2) is 4.97. The first-order valence-electron chi connectivity index (χ1n) is 6.66. The summed E-state index contributed by atoms with van der Waals surface area (Å²) in [4.78, 5) is 3.95. The average molecular weight is 291 g/mol. The van der Waals surface area contributed by atoms with Crippen molar-refractivity contribution in [3.8, 4) is 0 Å². The summed E-state index contributed by atoms with van der Waals surface area (Å²) in [5.41, 5.74) is 6.37. The van der Waals surface area contributed by atoms with Crippen molar-refractivity contribution in [3.63, 3.8) is 0 Å². The summed E-state index contributed by atoms with van der Waals surface area (Å²) in [6.45, 7) is 1.69. The van der Waals surface area contributed by atoms with Gasteiger partial charge in [0.15, 0.2) is 5.82 Å². The summed E-state index contributed by atoms with van der Waals surface area (Å²) < 4.78 is 7.65. The predicted octanol–water partition coefficient (Wildman–Crippen LogP) is 0.600. The summed E-state index contributed by atoms with van der Waals surface area (Å²) in [5, 5.41) is 25.6. The van der Waals surface area contributed by atoms with Crippen LogP contribution in [0.2, 0.25) is 0 Å². The van der Waals surface area contributed by atoms with Crippen molar-refractivity contribution in [3.05, 3.63) is 24.2 Å². The molecule has 0 unspecified atom stereocenters. The number of anilines is 1. The van der Waals surface area contributed by atoms with Gasteiger partial charge in [0, 0.05) is 0 Å². The Bertz CT molecular complexity index is 685. The highest BCUT2D eigenvalue weighted by atomic mass is 16.5. The maximum atomic E-state index is 9.61. The molecule has 1 aliphatic heterocycles. The first kappa shape index (κ1) is 13.8. The van der Waals surface area contributed by atoms with E-state index >= 15 is 0 Å². The van der Waals surface area contributed by atoms with Crippen LogP contribution in [0.15, 0.2) is 23.6 Å². The Kier molecular flexibility index (Phi) is 3.26. The molecule has 3 atom stereocenters. The monoisotopic (exact) mass is 291 g/mol. The van der Waals surface area contributed by atoms with Gasteiger partial charge in [0.25, 0.3) is 0 Å². The molecular formula is C13H17N5O3. The van der Waals surface area contributed by atoms with Crippen LogP contribution in [0, 0.1) is 5.92 Å². The van der Waals surface area contributed by atoms with Gasteiger partial charge in [-0.2, -0.15) is 5.10 Å². The van der Waals surface area contributed by atoms with Crippen LogP contribution in [0.4, 0.5) is 5.82 Å². The Morgan fingerprint density at radius 1 is 1.62 bits per heavy atom. The normalized spacial score (nSPS) is 29.6. The van der Waals surface area contributed by atoms with Crippen molar-refractivity contribution in [1.82, 2.24) is 14.6 Å². The fourth-order valence-electron chi connectivity index (χ4n) is 2.84. The quantitative estimate of drug-likeness (QED) is 0.433. The molecule has 0 aromatic carbocycles. The highest BCUT2D eigenvalue weighted by Gasteiger charge is 2.46. The zero-order valence-electron chi connectivity index (χ0n) is 11.5. The first-order chi connectivity index (χ1) is 10.1. The summed E-state index contributed by atoms with van der Waals surface area (Å²) in [6.07, 6.45) is 3.03. The molecule has 0 aliphatic carbocycles. The molecule has 1 saturated heterocycles. The number of hydrogen-bond donors (Lipinski definition) is 3. The zero-order valence-corrected chi connectivity index (χ0v) is 11.5. The van der Waals surface area contributed by atoms with Gasteiger partial charge in [-0.3, -0.25) is 0 Å². The SMILES string of the molecule is C[C@H]1C[C@H](c2ccc3c(N)ncnn23)O[C@]1(C=NO)CO. The third kappa shape index (κ3) is 2.03. The Morgan fingerprint density at radius 2 is 2.43 bits per heavy atom. The van der Waals surface area contributed by atoms with Gasteiger partial charge in [-0.25, -0.2) is 9.50 Å². The molecule has 1 aliphatic rings. The minimum atomic E-state index is -0.984. The molecule has 0 spiro atoms. The third-order valence-corrected chi connectivity index (χ3v) is 4.13. The van der Waals surface area contributed by atoms with Crippen LogP contribution in [0.3, 0.4) is 0 Å². The van der Waals surface area contributed by atoms with Crippen molar-refractivity contribution in [2.24, 2.45) is 11.1 Å². The van der Waals surface area contributed by atoms with Crippen molar-refractivity contribution in [1.29, 1.82) is 0 Å². The number of nitrogens with zero attached hydrogens (tertiary/aromatic N) is 4. The molecule has 8 nitrogen and oxygen atoms in total. The number of aliphatic hydroxyl groups excluding tert-OH is 1. The number of ether oxygens (including phenoxy) is 1. The van der Waals surface area contributed by atoms with E-state index in [1.165, 1.54) is 12.5 Å². The fraction of sp³-hybridized carbons (Fsp3) is 0.462. The molecule has 3 rings (SSSR count). The molecule has 4 N–H and O–H groups in total. The summed E-state index contributed by atoms with van der Waals surface area (Å²) in [7, 11) is 0. The van der Waals surface area contributed by atoms with Crippen molar-refractivity contribution in [2.45, 2.75) is 25.0 Å². The summed E-state index contributed by atoms with van der Waals surface area (Å²) in [5.74, 6) is 0.390. The van der Waals surface area contributed by atoms with Gasteiger partial charge in [0.1, 0.15) is 23.5 Å². The second-order valence-electron chi connectivity index (χ2n) is 5.30. The first-order valence-corrected chi connectivity index (χ1v) is 6.66. The van der Waals surface area contributed by atoms with E-state index < -0.39 is 5.60 Å². The zero-order chi connectivity index (χ0) is 15.0. The molecule has 2 aromatic heterocycles. The van der Waals surface area contributed by atoms with Crippen LogP contribution in [0.25, 0.3) is 5.52 Å². The van der Waals surface area contributed by atoms with Gasteiger partial charge in [0.05, 0.1) is 18.5 Å². The van der Waals surface area contributed by atoms with Gasteiger partial charge < -0.3 is 20.8 Å². The van der Waals surface area contributed by atoms with Gasteiger partial charge in [0.2, 0.25) is 0 Å². The van der Waals surface area contributed by atoms with E-state index in [9.17, 15) is 5.11 Å². The third-order valence-electron chi connectivity index (χ3n) is 4.13. The maximum absolute atomic E-state index is 9.61. The molecule has 1 fully saturated rings. The Hall–Kier alpha value is -2.19. The number of aromatic nitrogens is 3. The van der Waals surface area contributed by atoms with Crippen molar-refractivity contribution < 1.29 is 15.1 Å². The standard InChI is InChI=1S/C13H17N5O3/c1-8-4-11(21-13(8,6-19)5-17-20)9-2-3-10-12(14)15-7-16-18(9)10/h2-3,5,7-8,11,19-20H,4,6H2,1H3,(H2,14,15,16)/t8-,11+,13+/m0/s1. The van der Waals surface area contributed by atoms with Crippen LogP contribution in [-0.2, 0) is 4.74 Å². The molecule has 21 heavy (non-hydrogen) atoms. The van der Waals surface area contributed by atoms with Crippen LogP contribution in [-0.4, -0.2) is 43.3 Å². The van der Waals surface area contributed by atoms with Crippen LogP contribution in [0.1, 0.15) is 25.1 Å². The highest BCUT2D eigenvalue weighted by molar-refractivity contribution is 5.70. The number of rotatable bonds is 3. The van der Waals surface area contributed by atoms with Gasteiger partial charge in [-0.1, -0.05) is 12.1 Å². The van der Waals surface area contributed by atoms with E-state index in [4.69, 9.17) is 15.7 Å². The molecular weight excluding hydrogens is 274 g/mol. The minimum absolute atomic E-state index is 0.00636. The van der Waals surface area contributed by atoms with Gasteiger partial charge >= 0.3 is 0 Å². The smallest absolute Gasteiger partial charge is 0.151 e. The Balaban J connectivity index is 2.00. The van der Waals surface area contributed by atoms with E-state index in [1.54, 1.807) is 4.52 Å². The Labute approximate surface area is 120 Å². The van der Waals surface area contributed by atoms with E-state index in [2.05, 4.69) is 15.2 Å². The molecule has 0 amide bonds. The number of fused-ring (bicyclic) bond motifs is 1. The predicted molar refractivity (Wildman–Crippen MR) is 75.1 cm³/mol.